The number of aryl methyl sites for hydroxylation is 4. The normalized spacial score (nSPS) is 11.8. The van der Waals surface area contributed by atoms with Gasteiger partial charge in [-0.2, -0.15) is 39.7 Å². The SMILES string of the molecule is CCCCc1nn(-c2cc(-n3nc(CCCC)c(/N=N/c4c(C(=O)O)cnn4C)c3N)nc(O)n2)c(N)c1/N=N/c1c(C(=O)O)cnn1C. The zero-order chi connectivity index (χ0) is 35.4. The molecule has 0 saturated heterocycles. The molecule has 5 rings (SSSR count). The smallest absolute Gasteiger partial charge is 0.341 e. The van der Waals surface area contributed by atoms with E-state index >= 15 is 0 Å². The molecule has 0 spiro atoms. The van der Waals surface area contributed by atoms with Gasteiger partial charge in [0, 0.05) is 20.2 Å². The van der Waals surface area contributed by atoms with Gasteiger partial charge in [-0.15, -0.1) is 20.5 Å². The Hall–Kier alpha value is -6.54. The maximum absolute atomic E-state index is 11.6. The summed E-state index contributed by atoms with van der Waals surface area (Å²) < 4.78 is 5.04. The summed E-state index contributed by atoms with van der Waals surface area (Å²) in [6, 6.07) is 0.797. The second-order valence-electron chi connectivity index (χ2n) is 10.8. The first-order valence-corrected chi connectivity index (χ1v) is 15.1. The van der Waals surface area contributed by atoms with Gasteiger partial charge >= 0.3 is 17.9 Å². The van der Waals surface area contributed by atoms with E-state index in [0.717, 1.165) is 25.7 Å². The number of aromatic nitrogens is 10. The van der Waals surface area contributed by atoms with E-state index in [-0.39, 0.29) is 57.4 Å². The second kappa shape index (κ2) is 14.1. The summed E-state index contributed by atoms with van der Waals surface area (Å²) in [6.45, 7) is 4.01. The fourth-order valence-corrected chi connectivity index (χ4v) is 4.76. The van der Waals surface area contributed by atoms with E-state index in [4.69, 9.17) is 11.5 Å². The van der Waals surface area contributed by atoms with E-state index in [1.165, 1.54) is 51.3 Å². The number of anilines is 2. The summed E-state index contributed by atoms with van der Waals surface area (Å²) in [4.78, 5) is 31.5. The fraction of sp³-hybridized carbons (Fsp3) is 0.357. The second-order valence-corrected chi connectivity index (χ2v) is 10.8. The molecule has 0 radical (unpaired) electrons. The lowest BCUT2D eigenvalue weighted by molar-refractivity contribution is 0.0686. The Morgan fingerprint density at radius 3 is 1.51 bits per heavy atom. The summed E-state index contributed by atoms with van der Waals surface area (Å²) in [5, 5.41) is 63.5. The number of nitrogen functional groups attached to an aromatic ring is 2. The lowest BCUT2D eigenvalue weighted by Crippen LogP contribution is -2.09. The van der Waals surface area contributed by atoms with Crippen molar-refractivity contribution in [3.8, 4) is 17.6 Å². The van der Waals surface area contributed by atoms with Crippen LogP contribution in [0.25, 0.3) is 11.6 Å². The van der Waals surface area contributed by atoms with Gasteiger partial charge in [-0.05, 0) is 25.7 Å². The summed E-state index contributed by atoms with van der Waals surface area (Å²) in [6.07, 6.45) is 6.41. The van der Waals surface area contributed by atoms with E-state index in [1.807, 2.05) is 13.8 Å². The minimum Gasteiger partial charge on any atom is -0.479 e. The number of carboxylic acids is 2. The van der Waals surface area contributed by atoms with Crippen LogP contribution < -0.4 is 11.5 Å². The van der Waals surface area contributed by atoms with Crippen molar-refractivity contribution in [3.05, 3.63) is 41.0 Å². The van der Waals surface area contributed by atoms with E-state index in [0.29, 0.717) is 24.2 Å². The van der Waals surface area contributed by atoms with E-state index < -0.39 is 17.9 Å². The number of aromatic carboxylic acids is 2. The molecule has 0 aliphatic heterocycles. The molecule has 0 fully saturated rings. The number of nitrogens with zero attached hydrogens (tertiary/aromatic N) is 14. The lowest BCUT2D eigenvalue weighted by Gasteiger charge is -2.08. The van der Waals surface area contributed by atoms with Crippen molar-refractivity contribution in [2.75, 3.05) is 11.5 Å². The van der Waals surface area contributed by atoms with Crippen LogP contribution in [0, 0.1) is 0 Å². The molecule has 5 aromatic rings. The highest BCUT2D eigenvalue weighted by Crippen LogP contribution is 2.35. The van der Waals surface area contributed by atoms with Gasteiger partial charge in [0.15, 0.2) is 46.3 Å². The van der Waals surface area contributed by atoms with Gasteiger partial charge in [-0.3, -0.25) is 0 Å². The first-order valence-electron chi connectivity index (χ1n) is 15.1. The van der Waals surface area contributed by atoms with Gasteiger partial charge < -0.3 is 26.8 Å². The minimum atomic E-state index is -1.22. The van der Waals surface area contributed by atoms with E-state index in [1.54, 1.807) is 0 Å². The van der Waals surface area contributed by atoms with Gasteiger partial charge in [0.1, 0.15) is 11.1 Å². The molecule has 0 unspecified atom stereocenters. The Kier molecular flexibility index (Phi) is 9.71. The van der Waals surface area contributed by atoms with Crippen LogP contribution in [0.2, 0.25) is 0 Å². The first-order chi connectivity index (χ1) is 23.4. The van der Waals surface area contributed by atoms with Crippen molar-refractivity contribution < 1.29 is 24.9 Å². The molecule has 0 bridgehead atoms. The molecule has 0 aliphatic carbocycles. The molecule has 21 heteroatoms. The van der Waals surface area contributed by atoms with Crippen LogP contribution in [0.4, 0.5) is 34.6 Å². The monoisotopic (exact) mass is 674 g/mol. The number of unbranched alkanes of at least 4 members (excludes halogenated alkanes) is 2. The number of carboxylic acid groups (broad SMARTS) is 2. The maximum atomic E-state index is 11.6. The summed E-state index contributed by atoms with van der Waals surface area (Å²) in [5.74, 6) is -2.32. The van der Waals surface area contributed by atoms with Crippen molar-refractivity contribution in [2.45, 2.75) is 52.4 Å². The fourth-order valence-electron chi connectivity index (χ4n) is 4.76. The van der Waals surface area contributed by atoms with Crippen LogP contribution in [-0.4, -0.2) is 76.3 Å². The number of nitrogens with two attached hydrogens (primary N) is 2. The molecule has 5 aromatic heterocycles. The third-order valence-electron chi connectivity index (χ3n) is 7.35. The van der Waals surface area contributed by atoms with Crippen LogP contribution in [0.5, 0.6) is 6.01 Å². The predicted molar refractivity (Wildman–Crippen MR) is 173 cm³/mol. The molecule has 0 amide bonds. The number of aromatic hydroxyl groups is 1. The third kappa shape index (κ3) is 6.80. The van der Waals surface area contributed by atoms with Crippen LogP contribution in [-0.2, 0) is 26.9 Å². The standard InChI is InChI=1S/C28H34N16O5/c1-5-7-9-16-20(35-37-24-14(26(45)46)12-31-41(24)3)22(29)43(39-16)18-11-19(34-28(49)33-18)44-23(30)21(17(40-44)10-8-6-2)36-38-25-15(27(47)48)13-32-42(25)4/h11-13H,5-10,29-30H2,1-4H3,(H,45,46)(H,47,48)(H,33,34,49)/b37-35+,38-36+. The Labute approximate surface area is 277 Å². The van der Waals surface area contributed by atoms with Crippen LogP contribution in [0.15, 0.2) is 38.9 Å². The largest absolute Gasteiger partial charge is 0.479 e. The van der Waals surface area contributed by atoms with E-state index in [2.05, 4.69) is 50.8 Å². The van der Waals surface area contributed by atoms with Crippen molar-refractivity contribution in [1.82, 2.24) is 49.1 Å². The minimum absolute atomic E-state index is 0.00613. The molecule has 256 valence electrons. The first kappa shape index (κ1) is 33.8. The van der Waals surface area contributed by atoms with Gasteiger partial charge in [-0.1, -0.05) is 26.7 Å². The number of rotatable bonds is 14. The average molecular weight is 675 g/mol. The van der Waals surface area contributed by atoms with Crippen molar-refractivity contribution in [3.63, 3.8) is 0 Å². The van der Waals surface area contributed by atoms with Crippen LogP contribution in [0.3, 0.4) is 0 Å². The third-order valence-corrected chi connectivity index (χ3v) is 7.35. The number of hydrogen-bond acceptors (Lipinski definition) is 15. The molecule has 5 heterocycles. The van der Waals surface area contributed by atoms with Gasteiger partial charge in [0.25, 0.3) is 0 Å². The molecule has 7 N–H and O–H groups in total. The summed E-state index contributed by atoms with van der Waals surface area (Å²) >= 11 is 0. The molecular weight excluding hydrogens is 640 g/mol. The zero-order valence-electron chi connectivity index (χ0n) is 27.0. The van der Waals surface area contributed by atoms with Crippen molar-refractivity contribution in [1.29, 1.82) is 0 Å². The lowest BCUT2D eigenvalue weighted by atomic mass is 10.2. The highest BCUT2D eigenvalue weighted by atomic mass is 16.4. The van der Waals surface area contributed by atoms with Gasteiger partial charge in [0.05, 0.1) is 23.8 Å². The molecule has 0 aliphatic rings. The van der Waals surface area contributed by atoms with Crippen LogP contribution >= 0.6 is 0 Å². The predicted octanol–water partition coefficient (Wildman–Crippen LogP) is 4.10. The molecule has 21 nitrogen and oxygen atoms in total. The number of hydrogen-bond donors (Lipinski definition) is 5. The highest BCUT2D eigenvalue weighted by Gasteiger charge is 2.23. The Morgan fingerprint density at radius 2 is 1.14 bits per heavy atom. The molecule has 0 atom stereocenters. The topological polar surface area (TPSA) is 293 Å². The average Bonchev–Trinajstić information content (AvgIpc) is 3.80. The molecule has 0 aromatic carbocycles. The Balaban J connectivity index is 1.59. The van der Waals surface area contributed by atoms with E-state index in [9.17, 15) is 24.9 Å². The maximum Gasteiger partial charge on any atom is 0.341 e. The quantitative estimate of drug-likeness (QED) is 0.104. The van der Waals surface area contributed by atoms with Crippen molar-refractivity contribution >= 4 is 46.6 Å². The summed E-state index contributed by atoms with van der Waals surface area (Å²) in [5.41, 5.74) is 14.0. The molecule has 0 saturated carbocycles. The molecule has 49 heavy (non-hydrogen) atoms. The highest BCUT2D eigenvalue weighted by molar-refractivity contribution is 5.92. The Morgan fingerprint density at radius 1 is 0.735 bits per heavy atom. The molecular formula is C28H34N16O5. The van der Waals surface area contributed by atoms with Gasteiger partial charge in [0.2, 0.25) is 0 Å². The van der Waals surface area contributed by atoms with Gasteiger partial charge in [-0.25, -0.2) is 19.0 Å². The van der Waals surface area contributed by atoms with Crippen molar-refractivity contribution in [2.24, 2.45) is 34.6 Å². The number of carbonyl (C=O) groups is 2. The van der Waals surface area contributed by atoms with Crippen LogP contribution in [0.1, 0.15) is 71.6 Å². The Bertz CT molecular complexity index is 1940. The summed E-state index contributed by atoms with van der Waals surface area (Å²) in [7, 11) is 3.06. The number of azo groups is 2. The zero-order valence-corrected chi connectivity index (χ0v) is 27.0.